The summed E-state index contributed by atoms with van der Waals surface area (Å²) in [7, 11) is 0. The fourth-order valence-corrected chi connectivity index (χ4v) is 2.22. The molecule has 0 amide bonds. The first-order valence-electron chi connectivity index (χ1n) is 6.69. The van der Waals surface area contributed by atoms with Crippen LogP contribution in [0.3, 0.4) is 0 Å². The number of benzene rings is 1. The SMILES string of the molecule is CCOC(=O)[C@@H](N)CCCc1c[nH]c2ccccc12. The van der Waals surface area contributed by atoms with Gasteiger partial charge in [0.05, 0.1) is 6.61 Å². The summed E-state index contributed by atoms with van der Waals surface area (Å²) in [5, 5.41) is 1.24. The lowest BCUT2D eigenvalue weighted by molar-refractivity contribution is -0.144. The third-order valence-electron chi connectivity index (χ3n) is 3.23. The number of hydrogen-bond donors (Lipinski definition) is 2. The molecule has 0 aliphatic rings. The molecule has 0 aliphatic carbocycles. The number of nitrogens with two attached hydrogens (primary N) is 1. The van der Waals surface area contributed by atoms with Crippen LogP contribution in [0.5, 0.6) is 0 Å². The second-order valence-electron chi connectivity index (χ2n) is 4.61. The van der Waals surface area contributed by atoms with Crippen molar-refractivity contribution in [3.05, 3.63) is 36.0 Å². The van der Waals surface area contributed by atoms with Crippen LogP contribution in [-0.2, 0) is 16.0 Å². The summed E-state index contributed by atoms with van der Waals surface area (Å²) in [5.41, 5.74) is 8.19. The maximum atomic E-state index is 11.4. The molecule has 4 heteroatoms. The predicted molar refractivity (Wildman–Crippen MR) is 75.8 cm³/mol. The highest BCUT2D eigenvalue weighted by molar-refractivity contribution is 5.83. The lowest BCUT2D eigenvalue weighted by Crippen LogP contribution is -2.32. The number of H-pyrrole nitrogens is 1. The van der Waals surface area contributed by atoms with Crippen LogP contribution in [0.15, 0.2) is 30.5 Å². The number of esters is 1. The van der Waals surface area contributed by atoms with Gasteiger partial charge in [-0.25, -0.2) is 0 Å². The minimum absolute atomic E-state index is 0.304. The van der Waals surface area contributed by atoms with Crippen LogP contribution in [0, 0.1) is 0 Å². The molecule has 1 heterocycles. The maximum absolute atomic E-state index is 11.4. The van der Waals surface area contributed by atoms with E-state index in [-0.39, 0.29) is 5.97 Å². The van der Waals surface area contributed by atoms with Crippen molar-refractivity contribution < 1.29 is 9.53 Å². The minimum Gasteiger partial charge on any atom is -0.465 e. The van der Waals surface area contributed by atoms with Gasteiger partial charge in [0.25, 0.3) is 0 Å². The lowest BCUT2D eigenvalue weighted by atomic mass is 10.0. The van der Waals surface area contributed by atoms with Gasteiger partial charge < -0.3 is 15.5 Å². The van der Waals surface area contributed by atoms with Crippen molar-refractivity contribution in [1.29, 1.82) is 0 Å². The molecule has 0 saturated heterocycles. The Morgan fingerprint density at radius 2 is 2.21 bits per heavy atom. The molecule has 0 unspecified atom stereocenters. The summed E-state index contributed by atoms with van der Waals surface area (Å²) in [6, 6.07) is 7.70. The Bertz CT molecular complexity index is 548. The molecule has 102 valence electrons. The molecule has 4 nitrogen and oxygen atoms in total. The molecule has 1 atom stereocenters. The number of carbonyl (C=O) groups is 1. The van der Waals surface area contributed by atoms with Crippen molar-refractivity contribution >= 4 is 16.9 Å². The number of aromatic nitrogens is 1. The van der Waals surface area contributed by atoms with Crippen molar-refractivity contribution in [3.63, 3.8) is 0 Å². The third-order valence-corrected chi connectivity index (χ3v) is 3.23. The second-order valence-corrected chi connectivity index (χ2v) is 4.61. The van der Waals surface area contributed by atoms with Crippen LogP contribution in [0.4, 0.5) is 0 Å². The first-order chi connectivity index (χ1) is 9.22. The molecule has 2 aromatic rings. The monoisotopic (exact) mass is 260 g/mol. The van der Waals surface area contributed by atoms with Gasteiger partial charge in [-0.05, 0) is 37.8 Å². The molecular formula is C15H20N2O2. The van der Waals surface area contributed by atoms with Gasteiger partial charge >= 0.3 is 5.97 Å². The van der Waals surface area contributed by atoms with Crippen LogP contribution in [0.2, 0.25) is 0 Å². The summed E-state index contributed by atoms with van der Waals surface area (Å²) >= 11 is 0. The predicted octanol–water partition coefficient (Wildman–Crippen LogP) is 2.38. The number of rotatable bonds is 6. The van der Waals surface area contributed by atoms with Crippen LogP contribution in [0.1, 0.15) is 25.3 Å². The largest absolute Gasteiger partial charge is 0.465 e. The Balaban J connectivity index is 1.87. The molecule has 19 heavy (non-hydrogen) atoms. The van der Waals surface area contributed by atoms with Gasteiger partial charge in [0.1, 0.15) is 6.04 Å². The van der Waals surface area contributed by atoms with E-state index >= 15 is 0 Å². The molecule has 1 aromatic heterocycles. The summed E-state index contributed by atoms with van der Waals surface area (Å²) in [6.07, 6.45) is 4.47. The van der Waals surface area contributed by atoms with Crippen LogP contribution in [-0.4, -0.2) is 23.6 Å². The minimum atomic E-state index is -0.509. The normalized spacial score (nSPS) is 12.5. The molecule has 0 bridgehead atoms. The number of fused-ring (bicyclic) bond motifs is 1. The summed E-state index contributed by atoms with van der Waals surface area (Å²) in [5.74, 6) is -0.304. The fraction of sp³-hybridized carbons (Fsp3) is 0.400. The van der Waals surface area contributed by atoms with Crippen molar-refractivity contribution in [2.24, 2.45) is 5.73 Å². The maximum Gasteiger partial charge on any atom is 0.322 e. The molecule has 1 aromatic carbocycles. The number of para-hydroxylation sites is 1. The molecule has 0 radical (unpaired) electrons. The molecule has 0 fully saturated rings. The smallest absolute Gasteiger partial charge is 0.322 e. The van der Waals surface area contributed by atoms with E-state index in [0.717, 1.165) is 18.4 Å². The third kappa shape index (κ3) is 3.35. The van der Waals surface area contributed by atoms with Gasteiger partial charge in [0.15, 0.2) is 0 Å². The topological polar surface area (TPSA) is 68.1 Å². The number of nitrogens with one attached hydrogen (secondary N) is 1. The zero-order chi connectivity index (χ0) is 13.7. The van der Waals surface area contributed by atoms with E-state index in [4.69, 9.17) is 10.5 Å². The van der Waals surface area contributed by atoms with Crippen LogP contribution < -0.4 is 5.73 Å². The Labute approximate surface area is 112 Å². The van der Waals surface area contributed by atoms with Gasteiger partial charge in [-0.15, -0.1) is 0 Å². The number of aromatic amines is 1. The number of carbonyl (C=O) groups excluding carboxylic acids is 1. The first kappa shape index (κ1) is 13.6. The quantitative estimate of drug-likeness (QED) is 0.783. The Kier molecular flexibility index (Phi) is 4.58. The van der Waals surface area contributed by atoms with Crippen molar-refractivity contribution in [2.75, 3.05) is 6.61 Å². The second kappa shape index (κ2) is 6.38. The van der Waals surface area contributed by atoms with E-state index in [1.165, 1.54) is 10.9 Å². The van der Waals surface area contributed by atoms with Gasteiger partial charge in [0, 0.05) is 17.1 Å². The fourth-order valence-electron chi connectivity index (χ4n) is 2.22. The van der Waals surface area contributed by atoms with Gasteiger partial charge in [-0.2, -0.15) is 0 Å². The van der Waals surface area contributed by atoms with Gasteiger partial charge in [-0.3, -0.25) is 4.79 Å². The zero-order valence-corrected chi connectivity index (χ0v) is 11.2. The Morgan fingerprint density at radius 3 is 3.00 bits per heavy atom. The molecule has 0 spiro atoms. The van der Waals surface area contributed by atoms with E-state index in [1.54, 1.807) is 6.92 Å². The van der Waals surface area contributed by atoms with E-state index in [2.05, 4.69) is 17.1 Å². The molecular weight excluding hydrogens is 240 g/mol. The van der Waals surface area contributed by atoms with Crippen molar-refractivity contribution in [2.45, 2.75) is 32.2 Å². The highest BCUT2D eigenvalue weighted by Crippen LogP contribution is 2.19. The number of ether oxygens (including phenoxy) is 1. The van der Waals surface area contributed by atoms with E-state index in [0.29, 0.717) is 13.0 Å². The van der Waals surface area contributed by atoms with Gasteiger partial charge in [-0.1, -0.05) is 18.2 Å². The van der Waals surface area contributed by atoms with Crippen molar-refractivity contribution in [3.8, 4) is 0 Å². The number of hydrogen-bond acceptors (Lipinski definition) is 3. The van der Waals surface area contributed by atoms with E-state index in [1.807, 2.05) is 18.3 Å². The summed E-state index contributed by atoms with van der Waals surface area (Å²) < 4.78 is 4.89. The van der Waals surface area contributed by atoms with Gasteiger partial charge in [0.2, 0.25) is 0 Å². The average molecular weight is 260 g/mol. The molecule has 3 N–H and O–H groups in total. The Hall–Kier alpha value is -1.81. The van der Waals surface area contributed by atoms with E-state index < -0.39 is 6.04 Å². The van der Waals surface area contributed by atoms with Crippen LogP contribution in [0.25, 0.3) is 10.9 Å². The molecule has 0 saturated carbocycles. The van der Waals surface area contributed by atoms with Crippen molar-refractivity contribution in [1.82, 2.24) is 4.98 Å². The first-order valence-corrected chi connectivity index (χ1v) is 6.69. The zero-order valence-electron chi connectivity index (χ0n) is 11.2. The number of aryl methyl sites for hydroxylation is 1. The highest BCUT2D eigenvalue weighted by Gasteiger charge is 2.14. The summed E-state index contributed by atoms with van der Waals surface area (Å²) in [6.45, 7) is 2.17. The lowest BCUT2D eigenvalue weighted by Gasteiger charge is -2.09. The standard InChI is InChI=1S/C15H20N2O2/c1-2-19-15(18)13(16)8-5-6-11-10-17-14-9-4-3-7-12(11)14/h3-4,7,9-10,13,17H,2,5-6,8,16H2,1H3/t13-/m0/s1. The van der Waals surface area contributed by atoms with E-state index in [9.17, 15) is 4.79 Å². The highest BCUT2D eigenvalue weighted by atomic mass is 16.5. The van der Waals surface area contributed by atoms with Crippen LogP contribution >= 0.6 is 0 Å². The molecule has 2 rings (SSSR count). The molecule has 0 aliphatic heterocycles. The summed E-state index contributed by atoms with van der Waals surface area (Å²) in [4.78, 5) is 14.6. The Morgan fingerprint density at radius 1 is 1.42 bits per heavy atom. The average Bonchev–Trinajstić information content (AvgIpc) is 2.82.